The quantitative estimate of drug-likeness (QED) is 0.387. The lowest BCUT2D eigenvalue weighted by Crippen LogP contribution is -2.16. The summed E-state index contributed by atoms with van der Waals surface area (Å²) in [5.74, 6) is 1.35. The van der Waals surface area contributed by atoms with E-state index in [9.17, 15) is 4.79 Å². The zero-order valence-corrected chi connectivity index (χ0v) is 19.3. The van der Waals surface area contributed by atoms with Gasteiger partial charge in [0, 0.05) is 17.7 Å². The highest BCUT2D eigenvalue weighted by Crippen LogP contribution is 2.29. The fraction of sp³-hybridized carbons (Fsp3) is 0.393. The minimum Gasteiger partial charge on any atom is -0.399 e. The number of aromatic nitrogens is 2. The van der Waals surface area contributed by atoms with Crippen molar-refractivity contribution >= 4 is 17.4 Å². The number of anilines is 2. The van der Waals surface area contributed by atoms with Gasteiger partial charge in [0.05, 0.1) is 17.6 Å². The van der Waals surface area contributed by atoms with E-state index in [2.05, 4.69) is 22.4 Å². The van der Waals surface area contributed by atoms with Gasteiger partial charge in [-0.15, -0.1) is 0 Å². The van der Waals surface area contributed by atoms with Crippen molar-refractivity contribution in [3.8, 4) is 11.3 Å². The summed E-state index contributed by atoms with van der Waals surface area (Å²) in [4.78, 5) is 22.2. The fourth-order valence-electron chi connectivity index (χ4n) is 4.61. The second-order valence-electron chi connectivity index (χ2n) is 9.10. The number of benzene rings is 2. The van der Waals surface area contributed by atoms with E-state index in [0.29, 0.717) is 12.2 Å². The highest BCUT2D eigenvalue weighted by atomic mass is 16.1. The molecule has 1 saturated carbocycles. The Morgan fingerprint density at radius 1 is 0.970 bits per heavy atom. The van der Waals surface area contributed by atoms with Crippen molar-refractivity contribution < 1.29 is 4.79 Å². The molecule has 1 amide bonds. The van der Waals surface area contributed by atoms with E-state index in [-0.39, 0.29) is 5.91 Å². The number of nitrogens with zero attached hydrogens (tertiary/aromatic N) is 2. The number of hydrogen-bond acceptors (Lipinski definition) is 4. The predicted octanol–water partition coefficient (Wildman–Crippen LogP) is 6.20. The molecule has 0 atom stereocenters. The molecule has 1 aliphatic rings. The Kier molecular flexibility index (Phi) is 8.07. The molecule has 0 bridgehead atoms. The third-order valence-corrected chi connectivity index (χ3v) is 6.54. The molecule has 172 valence electrons. The Labute approximate surface area is 196 Å². The number of nitrogens with two attached hydrogens (primary N) is 1. The normalized spacial score (nSPS) is 14.2. The van der Waals surface area contributed by atoms with E-state index in [1.54, 1.807) is 6.20 Å². The number of nitrogens with one attached hydrogen (secondary N) is 1. The molecule has 5 heteroatoms. The summed E-state index contributed by atoms with van der Waals surface area (Å²) in [5, 5.41) is 3.04. The number of hydrogen-bond donors (Lipinski definition) is 2. The van der Waals surface area contributed by atoms with Gasteiger partial charge in [-0.2, -0.15) is 0 Å². The smallest absolute Gasteiger partial charge is 0.225 e. The van der Waals surface area contributed by atoms with Gasteiger partial charge in [0.25, 0.3) is 0 Å². The van der Waals surface area contributed by atoms with Crippen LogP contribution in [0.2, 0.25) is 0 Å². The summed E-state index contributed by atoms with van der Waals surface area (Å²) >= 11 is 0. The lowest BCUT2D eigenvalue weighted by molar-refractivity contribution is -0.116. The molecular weight excluding hydrogens is 408 g/mol. The van der Waals surface area contributed by atoms with Gasteiger partial charge < -0.3 is 11.1 Å². The van der Waals surface area contributed by atoms with Crippen LogP contribution in [-0.4, -0.2) is 15.9 Å². The zero-order valence-electron chi connectivity index (χ0n) is 19.3. The van der Waals surface area contributed by atoms with Crippen LogP contribution in [0, 0.1) is 5.92 Å². The van der Waals surface area contributed by atoms with E-state index in [1.165, 1.54) is 37.7 Å². The monoisotopic (exact) mass is 442 g/mol. The number of rotatable bonds is 9. The van der Waals surface area contributed by atoms with Crippen LogP contribution in [0.5, 0.6) is 0 Å². The van der Waals surface area contributed by atoms with Crippen LogP contribution in [0.4, 0.5) is 11.5 Å². The summed E-state index contributed by atoms with van der Waals surface area (Å²) < 4.78 is 0. The summed E-state index contributed by atoms with van der Waals surface area (Å²) in [6.45, 7) is 0. The van der Waals surface area contributed by atoms with Gasteiger partial charge >= 0.3 is 0 Å². The van der Waals surface area contributed by atoms with Gasteiger partial charge in [-0.1, -0.05) is 74.6 Å². The summed E-state index contributed by atoms with van der Waals surface area (Å²) in [6, 6.07) is 18.0. The minimum absolute atomic E-state index is 0.000572. The van der Waals surface area contributed by atoms with E-state index in [0.717, 1.165) is 54.2 Å². The zero-order chi connectivity index (χ0) is 22.9. The van der Waals surface area contributed by atoms with Gasteiger partial charge in [-0.05, 0) is 49.3 Å². The summed E-state index contributed by atoms with van der Waals surface area (Å²) in [5.41, 5.74) is 10.5. The Morgan fingerprint density at radius 3 is 2.48 bits per heavy atom. The van der Waals surface area contributed by atoms with Gasteiger partial charge in [-0.25, -0.2) is 9.97 Å². The van der Waals surface area contributed by atoms with E-state index < -0.39 is 0 Å². The molecule has 0 spiro atoms. The maximum absolute atomic E-state index is 12.7. The van der Waals surface area contributed by atoms with Crippen LogP contribution in [0.15, 0.2) is 60.8 Å². The van der Waals surface area contributed by atoms with Crippen LogP contribution in [0.3, 0.4) is 0 Å². The molecule has 3 aromatic rings. The Balaban J connectivity index is 1.43. The molecule has 1 heterocycles. The van der Waals surface area contributed by atoms with Gasteiger partial charge in [0.15, 0.2) is 5.82 Å². The SMILES string of the molecule is Nc1ccc(-c2cnc(NC(=O)CCCc3ccccc3)c(CCC3CCCCC3)n2)cc1. The van der Waals surface area contributed by atoms with Crippen LogP contribution in [0.1, 0.15) is 62.6 Å². The highest BCUT2D eigenvalue weighted by Gasteiger charge is 2.17. The first-order chi connectivity index (χ1) is 16.2. The molecule has 1 aromatic heterocycles. The Hall–Kier alpha value is -3.21. The molecule has 33 heavy (non-hydrogen) atoms. The molecule has 1 fully saturated rings. The van der Waals surface area contributed by atoms with E-state index in [4.69, 9.17) is 10.7 Å². The molecule has 0 radical (unpaired) electrons. The van der Waals surface area contributed by atoms with Crippen molar-refractivity contribution in [2.45, 2.75) is 64.2 Å². The molecule has 0 unspecified atom stereocenters. The Bertz CT molecular complexity index is 1030. The molecule has 4 rings (SSSR count). The van der Waals surface area contributed by atoms with E-state index in [1.807, 2.05) is 42.5 Å². The van der Waals surface area contributed by atoms with Crippen molar-refractivity contribution in [3.63, 3.8) is 0 Å². The molecule has 1 aliphatic carbocycles. The highest BCUT2D eigenvalue weighted by molar-refractivity contribution is 5.90. The number of carbonyl (C=O) groups is 1. The molecule has 3 N–H and O–H groups in total. The number of aryl methyl sites for hydroxylation is 2. The molecule has 0 saturated heterocycles. The van der Waals surface area contributed by atoms with Crippen molar-refractivity contribution in [2.75, 3.05) is 11.1 Å². The minimum atomic E-state index is -0.000572. The molecule has 5 nitrogen and oxygen atoms in total. The second kappa shape index (κ2) is 11.6. The summed E-state index contributed by atoms with van der Waals surface area (Å²) in [6.07, 6.45) is 12.4. The lowest BCUT2D eigenvalue weighted by atomic mass is 9.86. The number of carbonyl (C=O) groups excluding carboxylic acids is 1. The van der Waals surface area contributed by atoms with Crippen molar-refractivity contribution in [3.05, 3.63) is 72.1 Å². The van der Waals surface area contributed by atoms with Crippen LogP contribution < -0.4 is 11.1 Å². The number of amides is 1. The first kappa shape index (κ1) is 23.0. The maximum Gasteiger partial charge on any atom is 0.225 e. The van der Waals surface area contributed by atoms with E-state index >= 15 is 0 Å². The Morgan fingerprint density at radius 2 is 1.73 bits per heavy atom. The third-order valence-electron chi connectivity index (χ3n) is 6.54. The predicted molar refractivity (Wildman–Crippen MR) is 135 cm³/mol. The lowest BCUT2D eigenvalue weighted by Gasteiger charge is -2.21. The van der Waals surface area contributed by atoms with Gasteiger partial charge in [0.1, 0.15) is 0 Å². The topological polar surface area (TPSA) is 80.9 Å². The standard InChI is InChI=1S/C28H34N4O/c29-24-17-15-23(16-18-24)26-20-30-28(25(31-26)19-14-22-10-5-2-6-11-22)32-27(33)13-7-12-21-8-3-1-4-9-21/h1,3-4,8-9,15-18,20,22H,2,5-7,10-14,19,29H2,(H,30,32,33). The largest absolute Gasteiger partial charge is 0.399 e. The first-order valence-corrected chi connectivity index (χ1v) is 12.2. The van der Waals surface area contributed by atoms with Crippen LogP contribution in [-0.2, 0) is 17.6 Å². The molecular formula is C28H34N4O. The van der Waals surface area contributed by atoms with Gasteiger partial charge in [0.2, 0.25) is 5.91 Å². The third kappa shape index (κ3) is 6.88. The van der Waals surface area contributed by atoms with Crippen molar-refractivity contribution in [2.24, 2.45) is 5.92 Å². The average Bonchev–Trinajstić information content (AvgIpc) is 2.85. The second-order valence-corrected chi connectivity index (χ2v) is 9.10. The van der Waals surface area contributed by atoms with Crippen LogP contribution >= 0.6 is 0 Å². The summed E-state index contributed by atoms with van der Waals surface area (Å²) in [7, 11) is 0. The first-order valence-electron chi connectivity index (χ1n) is 12.2. The van der Waals surface area contributed by atoms with Crippen LogP contribution in [0.25, 0.3) is 11.3 Å². The molecule has 2 aromatic carbocycles. The fourth-order valence-corrected chi connectivity index (χ4v) is 4.61. The van der Waals surface area contributed by atoms with Gasteiger partial charge in [-0.3, -0.25) is 4.79 Å². The number of nitrogen functional groups attached to an aromatic ring is 1. The maximum atomic E-state index is 12.7. The van der Waals surface area contributed by atoms with Crippen molar-refractivity contribution in [1.29, 1.82) is 0 Å². The average molecular weight is 443 g/mol. The molecule has 0 aliphatic heterocycles. The van der Waals surface area contributed by atoms with Crippen molar-refractivity contribution in [1.82, 2.24) is 9.97 Å².